The lowest BCUT2D eigenvalue weighted by Gasteiger charge is -2.26. The Morgan fingerprint density at radius 1 is 1.40 bits per heavy atom. The van der Waals surface area contributed by atoms with Gasteiger partial charge in [-0.2, -0.15) is 0 Å². The van der Waals surface area contributed by atoms with Crippen LogP contribution in [-0.2, 0) is 13.0 Å². The number of carbonyl (C=O) groups excluding carboxylic acids is 1. The minimum atomic E-state index is -0.0832. The van der Waals surface area contributed by atoms with E-state index in [-0.39, 0.29) is 6.03 Å². The maximum Gasteiger partial charge on any atom is 0.317 e. The Kier molecular flexibility index (Phi) is 4.97. The highest BCUT2D eigenvalue weighted by Crippen LogP contribution is 2.31. The van der Waals surface area contributed by atoms with E-state index in [2.05, 4.69) is 46.6 Å². The number of hydrogen-bond donors (Lipinski definition) is 1. The Bertz CT molecular complexity index is 736. The molecule has 2 amide bonds. The van der Waals surface area contributed by atoms with E-state index in [9.17, 15) is 4.79 Å². The van der Waals surface area contributed by atoms with Gasteiger partial charge in [-0.1, -0.05) is 23.4 Å². The molecule has 6 nitrogen and oxygen atoms in total. The maximum atomic E-state index is 12.3. The van der Waals surface area contributed by atoms with Gasteiger partial charge in [0, 0.05) is 37.4 Å². The number of aryl methyl sites for hydroxylation is 2. The second kappa shape index (κ2) is 7.17. The van der Waals surface area contributed by atoms with E-state index in [4.69, 9.17) is 4.52 Å². The maximum absolute atomic E-state index is 12.3. The summed E-state index contributed by atoms with van der Waals surface area (Å²) in [6.07, 6.45) is 1.07. The Labute approximate surface area is 148 Å². The third-order valence-corrected chi connectivity index (χ3v) is 4.90. The summed E-state index contributed by atoms with van der Waals surface area (Å²) in [5.74, 6) is 0.764. The van der Waals surface area contributed by atoms with Gasteiger partial charge in [0.2, 0.25) is 0 Å². The molecule has 0 spiro atoms. The number of nitrogens with zero attached hydrogens (tertiary/aromatic N) is 3. The average Bonchev–Trinajstić information content (AvgIpc) is 3.08. The molecule has 0 fully saturated rings. The molecule has 1 aromatic heterocycles. The number of urea groups is 1. The number of benzene rings is 1. The summed E-state index contributed by atoms with van der Waals surface area (Å²) < 4.78 is 5.15. The Morgan fingerprint density at radius 2 is 2.16 bits per heavy atom. The van der Waals surface area contributed by atoms with Crippen LogP contribution in [0.4, 0.5) is 10.5 Å². The lowest BCUT2D eigenvalue weighted by atomic mass is 10.1. The van der Waals surface area contributed by atoms with Crippen LogP contribution in [0.5, 0.6) is 0 Å². The quantitative estimate of drug-likeness (QED) is 0.908. The highest BCUT2D eigenvalue weighted by Gasteiger charge is 2.25. The smallest absolute Gasteiger partial charge is 0.317 e. The van der Waals surface area contributed by atoms with Gasteiger partial charge in [0.05, 0.1) is 12.2 Å². The van der Waals surface area contributed by atoms with Crippen LogP contribution in [0.2, 0.25) is 0 Å². The molecule has 1 atom stereocenters. The molecule has 0 saturated carbocycles. The average molecular weight is 342 g/mol. The third-order valence-electron chi connectivity index (χ3n) is 4.90. The van der Waals surface area contributed by atoms with Gasteiger partial charge in [0.1, 0.15) is 5.76 Å². The minimum Gasteiger partial charge on any atom is -0.367 e. The van der Waals surface area contributed by atoms with Gasteiger partial charge in [-0.3, -0.25) is 0 Å². The highest BCUT2D eigenvalue weighted by atomic mass is 16.5. The molecule has 0 aliphatic carbocycles. The van der Waals surface area contributed by atoms with Crippen LogP contribution >= 0.6 is 0 Å². The molecule has 134 valence electrons. The summed E-state index contributed by atoms with van der Waals surface area (Å²) in [5.41, 5.74) is 4.48. The fourth-order valence-corrected chi connectivity index (χ4v) is 3.43. The lowest BCUT2D eigenvalue weighted by molar-refractivity contribution is 0.207. The van der Waals surface area contributed by atoms with Crippen molar-refractivity contribution in [1.82, 2.24) is 15.4 Å². The number of hydrogen-bond acceptors (Lipinski definition) is 4. The van der Waals surface area contributed by atoms with Gasteiger partial charge < -0.3 is 19.6 Å². The molecule has 2 aromatic rings. The first-order chi connectivity index (χ1) is 12.0. The fourth-order valence-electron chi connectivity index (χ4n) is 3.43. The van der Waals surface area contributed by atoms with E-state index in [1.165, 1.54) is 11.3 Å². The normalized spacial score (nSPS) is 16.0. The van der Waals surface area contributed by atoms with Crippen LogP contribution in [0.25, 0.3) is 0 Å². The van der Waals surface area contributed by atoms with Crippen molar-refractivity contribution in [2.45, 2.75) is 39.8 Å². The molecule has 0 unspecified atom stereocenters. The second-order valence-electron chi connectivity index (χ2n) is 6.77. The van der Waals surface area contributed by atoms with Crippen LogP contribution in [0.3, 0.4) is 0 Å². The number of aromatic nitrogens is 1. The van der Waals surface area contributed by atoms with E-state index in [0.717, 1.165) is 30.0 Å². The highest BCUT2D eigenvalue weighted by molar-refractivity contribution is 5.74. The number of carbonyl (C=O) groups is 1. The lowest BCUT2D eigenvalue weighted by Crippen LogP contribution is -2.42. The summed E-state index contributed by atoms with van der Waals surface area (Å²) in [4.78, 5) is 16.4. The zero-order valence-corrected chi connectivity index (χ0v) is 15.4. The van der Waals surface area contributed by atoms with Crippen molar-refractivity contribution in [2.24, 2.45) is 0 Å². The number of nitrogens with one attached hydrogen (secondary N) is 1. The molecule has 2 heterocycles. The third kappa shape index (κ3) is 3.62. The van der Waals surface area contributed by atoms with Crippen LogP contribution in [0.1, 0.15) is 29.5 Å². The van der Waals surface area contributed by atoms with Gasteiger partial charge in [0.25, 0.3) is 0 Å². The van der Waals surface area contributed by atoms with E-state index < -0.39 is 0 Å². The molecule has 1 N–H and O–H groups in total. The zero-order valence-electron chi connectivity index (χ0n) is 15.4. The summed E-state index contributed by atoms with van der Waals surface area (Å²) in [6, 6.07) is 8.88. The second-order valence-corrected chi connectivity index (χ2v) is 6.77. The van der Waals surface area contributed by atoms with E-state index >= 15 is 0 Å². The fraction of sp³-hybridized carbons (Fsp3) is 0.474. The van der Waals surface area contributed by atoms with Crippen LogP contribution in [0, 0.1) is 13.8 Å². The first-order valence-electron chi connectivity index (χ1n) is 8.72. The topological polar surface area (TPSA) is 61.6 Å². The molecule has 1 aliphatic rings. The van der Waals surface area contributed by atoms with Crippen molar-refractivity contribution in [3.05, 3.63) is 46.8 Å². The van der Waals surface area contributed by atoms with Crippen molar-refractivity contribution >= 4 is 11.7 Å². The van der Waals surface area contributed by atoms with Crippen LogP contribution < -0.4 is 10.2 Å². The largest absolute Gasteiger partial charge is 0.367 e. The van der Waals surface area contributed by atoms with E-state index in [1.807, 2.05) is 13.8 Å². The van der Waals surface area contributed by atoms with Crippen molar-refractivity contribution in [2.75, 3.05) is 25.0 Å². The molecule has 0 saturated heterocycles. The first-order valence-corrected chi connectivity index (χ1v) is 8.72. The van der Waals surface area contributed by atoms with E-state index in [1.54, 1.807) is 11.9 Å². The Morgan fingerprint density at radius 3 is 2.88 bits per heavy atom. The van der Waals surface area contributed by atoms with Gasteiger partial charge >= 0.3 is 6.03 Å². The standard InChI is InChI=1S/C19H26N4O2/c1-13-11-16-7-5-6-8-18(16)23(13)10-9-20-19(24)22(4)12-17-14(2)21-25-15(17)3/h5-8,13H,9-12H2,1-4H3,(H,20,24)/t13-/m1/s1. The monoisotopic (exact) mass is 342 g/mol. The molecular formula is C19H26N4O2. The minimum absolute atomic E-state index is 0.0832. The molecule has 0 bridgehead atoms. The zero-order chi connectivity index (χ0) is 18.0. The number of rotatable bonds is 5. The number of para-hydroxylation sites is 1. The number of amides is 2. The number of fused-ring (bicyclic) bond motifs is 1. The van der Waals surface area contributed by atoms with Gasteiger partial charge in [0.15, 0.2) is 0 Å². The summed E-state index contributed by atoms with van der Waals surface area (Å²) in [5, 5.41) is 6.94. The van der Waals surface area contributed by atoms with Crippen molar-refractivity contribution < 1.29 is 9.32 Å². The molecule has 3 rings (SSSR count). The molecular weight excluding hydrogens is 316 g/mol. The summed E-state index contributed by atoms with van der Waals surface area (Å²) in [6.45, 7) is 7.91. The van der Waals surface area contributed by atoms with Gasteiger partial charge in [-0.25, -0.2) is 4.79 Å². The van der Waals surface area contributed by atoms with E-state index in [0.29, 0.717) is 19.1 Å². The predicted octanol–water partition coefficient (Wildman–Crippen LogP) is 2.88. The molecule has 0 radical (unpaired) electrons. The van der Waals surface area contributed by atoms with Crippen LogP contribution in [-0.4, -0.2) is 42.3 Å². The summed E-state index contributed by atoms with van der Waals surface area (Å²) >= 11 is 0. The summed E-state index contributed by atoms with van der Waals surface area (Å²) in [7, 11) is 1.79. The number of anilines is 1. The van der Waals surface area contributed by atoms with Gasteiger partial charge in [-0.05, 0) is 38.8 Å². The van der Waals surface area contributed by atoms with Gasteiger partial charge in [-0.15, -0.1) is 0 Å². The van der Waals surface area contributed by atoms with Crippen LogP contribution in [0.15, 0.2) is 28.8 Å². The van der Waals surface area contributed by atoms with Crippen molar-refractivity contribution in [3.8, 4) is 0 Å². The van der Waals surface area contributed by atoms with Crippen molar-refractivity contribution in [3.63, 3.8) is 0 Å². The first kappa shape index (κ1) is 17.3. The Balaban J connectivity index is 1.51. The molecule has 1 aliphatic heterocycles. The molecule has 25 heavy (non-hydrogen) atoms. The van der Waals surface area contributed by atoms with Crippen molar-refractivity contribution in [1.29, 1.82) is 0 Å². The molecule has 1 aromatic carbocycles. The SMILES string of the molecule is Cc1noc(C)c1CN(C)C(=O)NCCN1c2ccccc2C[C@H]1C. The predicted molar refractivity (Wildman–Crippen MR) is 97.8 cm³/mol. The Hall–Kier alpha value is -2.50. The molecule has 6 heteroatoms.